The molecule has 0 aromatic heterocycles. The van der Waals surface area contributed by atoms with Crippen molar-refractivity contribution in [1.29, 1.82) is 0 Å². The van der Waals surface area contributed by atoms with Crippen LogP contribution in [-0.2, 0) is 37.0 Å². The number of methoxy groups -OCH3 is 2. The molecule has 1 spiro atoms. The number of hydrogen-bond acceptors (Lipinski definition) is 8. The molecule has 148 valence electrons. The van der Waals surface area contributed by atoms with Crippen LogP contribution in [0.3, 0.4) is 0 Å². The van der Waals surface area contributed by atoms with Gasteiger partial charge in [-0.05, 0) is 0 Å². The largest absolute Gasteiger partial charge is 0.382 e. The lowest BCUT2D eigenvalue weighted by Crippen LogP contribution is -2.45. The van der Waals surface area contributed by atoms with Gasteiger partial charge in [0.1, 0.15) is 0 Å². The molecule has 0 aliphatic carbocycles. The highest BCUT2D eigenvalue weighted by Crippen LogP contribution is 2.51. The molecule has 0 radical (unpaired) electrons. The van der Waals surface area contributed by atoms with Crippen LogP contribution in [0.4, 0.5) is 0 Å². The first-order valence-electron chi connectivity index (χ1n) is 8.48. The molecule has 0 saturated carbocycles. The van der Waals surface area contributed by atoms with E-state index in [-0.39, 0.29) is 5.41 Å². The van der Waals surface area contributed by atoms with E-state index in [4.69, 9.17) is 37.0 Å². The van der Waals surface area contributed by atoms with Crippen molar-refractivity contribution in [1.82, 2.24) is 0 Å². The molecular formula is C15H30O8P2. The van der Waals surface area contributed by atoms with Gasteiger partial charge in [0.2, 0.25) is 0 Å². The molecule has 0 N–H and O–H groups in total. The fourth-order valence-electron chi connectivity index (χ4n) is 2.19. The molecule has 0 aromatic rings. The maximum Gasteiger partial charge on any atom is 0.172 e. The van der Waals surface area contributed by atoms with Crippen molar-refractivity contribution >= 4 is 16.8 Å². The molecule has 0 aromatic carbocycles. The van der Waals surface area contributed by atoms with Crippen molar-refractivity contribution in [2.45, 2.75) is 0 Å². The normalized spacial score (nSPS) is 30.0. The van der Waals surface area contributed by atoms with E-state index in [1.807, 2.05) is 0 Å². The van der Waals surface area contributed by atoms with Crippen molar-refractivity contribution in [3.05, 3.63) is 0 Å². The minimum Gasteiger partial charge on any atom is -0.382 e. The first-order valence-corrected chi connectivity index (χ1v) is 11.2. The van der Waals surface area contributed by atoms with Gasteiger partial charge in [-0.1, -0.05) is 0 Å². The Bertz CT molecular complexity index is 298. The molecule has 0 unspecified atom stereocenters. The average Bonchev–Trinajstić information content (AvgIpc) is 2.65. The van der Waals surface area contributed by atoms with E-state index in [1.54, 1.807) is 14.2 Å². The van der Waals surface area contributed by atoms with Crippen molar-refractivity contribution in [2.24, 2.45) is 5.41 Å². The van der Waals surface area contributed by atoms with E-state index < -0.39 is 16.8 Å². The molecule has 0 atom stereocenters. The molecule has 10 heteroatoms. The SMILES string of the molecule is COCCOCCP1OCC2(CO1)COP(CCOCCOC)OC2. The summed E-state index contributed by atoms with van der Waals surface area (Å²) in [7, 11) is 1.58. The van der Waals surface area contributed by atoms with Crippen LogP contribution < -0.4 is 0 Å². The first-order chi connectivity index (χ1) is 12.3. The lowest BCUT2D eigenvalue weighted by molar-refractivity contribution is -0.0542. The summed E-state index contributed by atoms with van der Waals surface area (Å²) in [4.78, 5) is 0. The summed E-state index contributed by atoms with van der Waals surface area (Å²) in [6.45, 7) is 6.14. The van der Waals surface area contributed by atoms with Crippen LogP contribution in [0, 0.1) is 5.41 Å². The summed E-state index contributed by atoms with van der Waals surface area (Å²) in [6, 6.07) is 0. The van der Waals surface area contributed by atoms with Crippen LogP contribution in [0.5, 0.6) is 0 Å². The van der Waals surface area contributed by atoms with Crippen LogP contribution in [0.25, 0.3) is 0 Å². The Hall–Kier alpha value is 0.540. The van der Waals surface area contributed by atoms with Gasteiger partial charge in [0.25, 0.3) is 0 Å². The monoisotopic (exact) mass is 400 g/mol. The zero-order chi connectivity index (χ0) is 17.8. The van der Waals surface area contributed by atoms with E-state index in [2.05, 4.69) is 0 Å². The number of ether oxygens (including phenoxy) is 4. The van der Waals surface area contributed by atoms with Crippen molar-refractivity contribution in [3.8, 4) is 0 Å². The Balaban J connectivity index is 1.53. The number of rotatable bonds is 12. The van der Waals surface area contributed by atoms with Gasteiger partial charge in [-0.3, -0.25) is 0 Å². The molecule has 2 rings (SSSR count). The summed E-state index contributed by atoms with van der Waals surface area (Å²) in [5.41, 5.74) is -0.175. The third-order valence-corrected chi connectivity index (χ3v) is 6.52. The maximum absolute atomic E-state index is 5.88. The second-order valence-electron chi connectivity index (χ2n) is 5.92. The van der Waals surface area contributed by atoms with E-state index in [0.717, 1.165) is 12.3 Å². The first kappa shape index (κ1) is 21.8. The standard InChI is InChI=1S/C15H30O8P2/c1-16-3-5-18-7-9-24-20-11-15(12-21-24)13-22-25(23-14-15)10-8-19-6-4-17-2/h3-14H2,1-2H3. The number of hydrogen-bond donors (Lipinski definition) is 0. The van der Waals surface area contributed by atoms with E-state index in [9.17, 15) is 0 Å². The molecule has 2 heterocycles. The highest BCUT2D eigenvalue weighted by molar-refractivity contribution is 7.47. The third kappa shape index (κ3) is 8.39. The van der Waals surface area contributed by atoms with Crippen LogP contribution in [-0.4, -0.2) is 92.6 Å². The van der Waals surface area contributed by atoms with Crippen molar-refractivity contribution < 1.29 is 37.0 Å². The summed E-state index contributed by atoms with van der Waals surface area (Å²) in [6.07, 6.45) is 1.56. The highest BCUT2D eigenvalue weighted by atomic mass is 31.2. The summed E-state index contributed by atoms with van der Waals surface area (Å²) in [5.74, 6) is 0. The molecule has 2 saturated heterocycles. The van der Waals surface area contributed by atoms with E-state index >= 15 is 0 Å². The van der Waals surface area contributed by atoms with E-state index in [1.165, 1.54) is 0 Å². The lowest BCUT2D eigenvalue weighted by atomic mass is 9.93. The molecular weight excluding hydrogens is 370 g/mol. The second-order valence-corrected chi connectivity index (χ2v) is 9.17. The average molecular weight is 400 g/mol. The third-order valence-electron chi connectivity index (χ3n) is 3.76. The van der Waals surface area contributed by atoms with Gasteiger partial charge in [0.05, 0.1) is 71.5 Å². The molecule has 8 nitrogen and oxygen atoms in total. The van der Waals surface area contributed by atoms with Crippen LogP contribution in [0.15, 0.2) is 0 Å². The Labute approximate surface area is 152 Å². The Morgan fingerprint density at radius 1 is 0.640 bits per heavy atom. The van der Waals surface area contributed by atoms with Crippen molar-refractivity contribution in [3.63, 3.8) is 0 Å². The smallest absolute Gasteiger partial charge is 0.172 e. The molecule has 2 aliphatic rings. The summed E-state index contributed by atoms with van der Waals surface area (Å²) >= 11 is 0. The predicted octanol–water partition coefficient (Wildman–Crippen LogP) is 2.02. The van der Waals surface area contributed by atoms with Crippen LogP contribution in [0.2, 0.25) is 0 Å². The van der Waals surface area contributed by atoms with Gasteiger partial charge in [-0.2, -0.15) is 0 Å². The Morgan fingerprint density at radius 3 is 1.40 bits per heavy atom. The molecule has 0 bridgehead atoms. The van der Waals surface area contributed by atoms with Gasteiger partial charge >= 0.3 is 0 Å². The quantitative estimate of drug-likeness (QED) is 0.364. The lowest BCUT2D eigenvalue weighted by Gasteiger charge is -2.42. The van der Waals surface area contributed by atoms with Crippen LogP contribution in [0.1, 0.15) is 0 Å². The fourth-order valence-corrected chi connectivity index (χ4v) is 5.08. The van der Waals surface area contributed by atoms with Crippen LogP contribution >= 0.6 is 16.8 Å². The van der Waals surface area contributed by atoms with Gasteiger partial charge < -0.3 is 37.0 Å². The topological polar surface area (TPSA) is 73.8 Å². The maximum atomic E-state index is 5.88. The molecule has 2 aliphatic heterocycles. The van der Waals surface area contributed by atoms with Gasteiger partial charge in [0, 0.05) is 26.5 Å². The summed E-state index contributed by atoms with van der Waals surface area (Å²) in [5, 5.41) is 0. The predicted molar refractivity (Wildman–Crippen MR) is 95.2 cm³/mol. The minimum absolute atomic E-state index is 0.175. The fraction of sp³-hybridized carbons (Fsp3) is 1.00. The van der Waals surface area contributed by atoms with Gasteiger partial charge in [-0.25, -0.2) is 0 Å². The molecule has 2 fully saturated rings. The molecule has 0 amide bonds. The van der Waals surface area contributed by atoms with E-state index in [0.29, 0.717) is 66.1 Å². The zero-order valence-corrected chi connectivity index (χ0v) is 16.9. The minimum atomic E-state index is -0.873. The van der Waals surface area contributed by atoms with Crippen molar-refractivity contribution in [2.75, 3.05) is 92.6 Å². The second kappa shape index (κ2) is 12.8. The highest BCUT2D eigenvalue weighted by Gasteiger charge is 2.42. The molecule has 25 heavy (non-hydrogen) atoms. The zero-order valence-electron chi connectivity index (χ0n) is 15.1. The van der Waals surface area contributed by atoms with Gasteiger partial charge in [-0.15, -0.1) is 0 Å². The Kier molecular flexibility index (Phi) is 11.2. The summed E-state index contributed by atoms with van der Waals surface area (Å²) < 4.78 is 44.3. The Morgan fingerprint density at radius 2 is 1.04 bits per heavy atom. The van der Waals surface area contributed by atoms with Gasteiger partial charge in [0.15, 0.2) is 16.8 Å².